The second-order valence-corrected chi connectivity index (χ2v) is 7.23. The highest BCUT2D eigenvalue weighted by Gasteiger charge is 2.55. The number of Topliss-reactive ketones (excluding diaryl/α,β-unsaturated/α-hetero) is 1. The molecule has 2 saturated carbocycles. The molecule has 2 heteroatoms. The number of rotatable bonds is 1. The van der Waals surface area contributed by atoms with Crippen molar-refractivity contribution in [2.45, 2.75) is 71.5 Å². The van der Waals surface area contributed by atoms with E-state index >= 15 is 0 Å². The van der Waals surface area contributed by atoms with E-state index in [1.165, 1.54) is 25.7 Å². The number of carbonyl (C=O) groups excluding carboxylic acids is 1. The lowest BCUT2D eigenvalue weighted by molar-refractivity contribution is -0.196. The fourth-order valence-corrected chi connectivity index (χ4v) is 3.99. The molecular formula is C15H24O2. The zero-order chi connectivity index (χ0) is 12.3. The molecule has 1 saturated heterocycles. The maximum absolute atomic E-state index is 12.1. The van der Waals surface area contributed by atoms with E-state index in [0.29, 0.717) is 11.9 Å². The Kier molecular flexibility index (Phi) is 2.46. The molecular weight excluding hydrogens is 212 g/mol. The van der Waals surface area contributed by atoms with Crippen LogP contribution in [0, 0.1) is 16.7 Å². The van der Waals surface area contributed by atoms with Crippen LogP contribution >= 0.6 is 0 Å². The minimum Gasteiger partial charge on any atom is -0.373 e. The number of ether oxygens (including phenoxy) is 1. The van der Waals surface area contributed by atoms with Crippen LogP contribution in [-0.2, 0) is 9.53 Å². The van der Waals surface area contributed by atoms with Crippen molar-refractivity contribution in [3.05, 3.63) is 0 Å². The second-order valence-electron chi connectivity index (χ2n) is 7.23. The summed E-state index contributed by atoms with van der Waals surface area (Å²) in [5, 5.41) is 0. The molecule has 0 N–H and O–H groups in total. The molecule has 0 aromatic carbocycles. The largest absolute Gasteiger partial charge is 0.373 e. The van der Waals surface area contributed by atoms with Gasteiger partial charge in [-0.1, -0.05) is 20.8 Å². The van der Waals surface area contributed by atoms with E-state index in [1.54, 1.807) is 0 Å². The SMILES string of the molecule is CC1(C)C(=O)CC[C@]2(C)CCC(C3CC3)O[C@@H]12. The van der Waals surface area contributed by atoms with Gasteiger partial charge < -0.3 is 4.74 Å². The molecule has 17 heavy (non-hydrogen) atoms. The Morgan fingerprint density at radius 1 is 1.12 bits per heavy atom. The minimum atomic E-state index is -0.277. The van der Waals surface area contributed by atoms with Crippen molar-refractivity contribution >= 4 is 5.78 Å². The van der Waals surface area contributed by atoms with Crippen LogP contribution in [0.1, 0.15) is 59.3 Å². The summed E-state index contributed by atoms with van der Waals surface area (Å²) in [6.07, 6.45) is 7.49. The van der Waals surface area contributed by atoms with E-state index in [2.05, 4.69) is 20.8 Å². The van der Waals surface area contributed by atoms with E-state index in [-0.39, 0.29) is 16.9 Å². The Balaban J connectivity index is 1.85. The van der Waals surface area contributed by atoms with Gasteiger partial charge in [0.1, 0.15) is 5.78 Å². The van der Waals surface area contributed by atoms with Gasteiger partial charge in [0.2, 0.25) is 0 Å². The topological polar surface area (TPSA) is 26.3 Å². The van der Waals surface area contributed by atoms with Crippen LogP contribution in [0.3, 0.4) is 0 Å². The molecule has 2 nitrogen and oxygen atoms in total. The lowest BCUT2D eigenvalue weighted by atomic mass is 9.58. The first-order valence-electron chi connectivity index (χ1n) is 7.12. The van der Waals surface area contributed by atoms with Crippen molar-refractivity contribution in [3.63, 3.8) is 0 Å². The molecule has 0 aromatic heterocycles. The zero-order valence-corrected chi connectivity index (χ0v) is 11.3. The van der Waals surface area contributed by atoms with E-state index in [4.69, 9.17) is 4.74 Å². The molecule has 96 valence electrons. The zero-order valence-electron chi connectivity index (χ0n) is 11.3. The number of ketones is 1. The monoisotopic (exact) mass is 236 g/mol. The molecule has 2 aliphatic carbocycles. The molecule has 0 radical (unpaired) electrons. The van der Waals surface area contributed by atoms with Crippen molar-refractivity contribution in [1.29, 1.82) is 0 Å². The maximum Gasteiger partial charge on any atom is 0.141 e. The number of hydrogen-bond donors (Lipinski definition) is 0. The molecule has 3 aliphatic rings. The molecule has 3 fully saturated rings. The molecule has 0 aromatic rings. The molecule has 0 spiro atoms. The summed E-state index contributed by atoms with van der Waals surface area (Å²) in [5.74, 6) is 1.20. The third-order valence-electron chi connectivity index (χ3n) is 5.39. The molecule has 0 bridgehead atoms. The summed E-state index contributed by atoms with van der Waals surface area (Å²) in [6, 6.07) is 0. The van der Waals surface area contributed by atoms with Gasteiger partial charge in [-0.05, 0) is 43.4 Å². The van der Waals surface area contributed by atoms with Crippen molar-refractivity contribution < 1.29 is 9.53 Å². The van der Waals surface area contributed by atoms with E-state index in [0.717, 1.165) is 18.8 Å². The summed E-state index contributed by atoms with van der Waals surface area (Å²) in [4.78, 5) is 12.1. The number of hydrogen-bond acceptors (Lipinski definition) is 2. The van der Waals surface area contributed by atoms with Crippen LogP contribution in [0.15, 0.2) is 0 Å². The summed E-state index contributed by atoms with van der Waals surface area (Å²) in [6.45, 7) is 6.51. The summed E-state index contributed by atoms with van der Waals surface area (Å²) < 4.78 is 6.38. The highest BCUT2D eigenvalue weighted by molar-refractivity contribution is 5.85. The average Bonchev–Trinajstić information content (AvgIpc) is 3.08. The molecule has 3 atom stereocenters. The number of fused-ring (bicyclic) bond motifs is 1. The predicted octanol–water partition coefficient (Wildman–Crippen LogP) is 3.34. The molecule has 0 amide bonds. The Labute approximate surface area is 104 Å². The third kappa shape index (κ3) is 1.76. The van der Waals surface area contributed by atoms with E-state index < -0.39 is 0 Å². The maximum atomic E-state index is 12.1. The smallest absolute Gasteiger partial charge is 0.141 e. The Hall–Kier alpha value is -0.370. The van der Waals surface area contributed by atoms with Crippen LogP contribution in [-0.4, -0.2) is 18.0 Å². The Morgan fingerprint density at radius 2 is 1.82 bits per heavy atom. The Bertz CT molecular complexity index is 343. The van der Waals surface area contributed by atoms with Gasteiger partial charge in [-0.3, -0.25) is 4.79 Å². The highest BCUT2D eigenvalue weighted by Crippen LogP contribution is 2.54. The lowest BCUT2D eigenvalue weighted by Crippen LogP contribution is -2.57. The van der Waals surface area contributed by atoms with E-state index in [9.17, 15) is 4.79 Å². The van der Waals surface area contributed by atoms with Crippen LogP contribution in [0.5, 0.6) is 0 Å². The standard InChI is InChI=1S/C15H24O2/c1-14(2)12(16)7-9-15(3)8-6-11(10-4-5-10)17-13(14)15/h10-11,13H,4-9H2,1-3H3/t11?,13-,15-/m0/s1. The average molecular weight is 236 g/mol. The first kappa shape index (κ1) is 11.7. The second kappa shape index (κ2) is 3.57. The van der Waals surface area contributed by atoms with Gasteiger partial charge in [0.05, 0.1) is 17.6 Å². The first-order valence-corrected chi connectivity index (χ1v) is 7.12. The highest BCUT2D eigenvalue weighted by atomic mass is 16.5. The van der Waals surface area contributed by atoms with Gasteiger partial charge in [-0.2, -0.15) is 0 Å². The van der Waals surface area contributed by atoms with Gasteiger partial charge >= 0.3 is 0 Å². The quantitative estimate of drug-likeness (QED) is 0.698. The van der Waals surface area contributed by atoms with Gasteiger partial charge in [-0.15, -0.1) is 0 Å². The summed E-state index contributed by atoms with van der Waals surface area (Å²) in [5.41, 5.74) is -0.0383. The van der Waals surface area contributed by atoms with Gasteiger partial charge in [0.25, 0.3) is 0 Å². The number of carbonyl (C=O) groups is 1. The molecule has 1 unspecified atom stereocenters. The lowest BCUT2D eigenvalue weighted by Gasteiger charge is -2.53. The Morgan fingerprint density at radius 3 is 2.47 bits per heavy atom. The first-order chi connectivity index (χ1) is 7.93. The van der Waals surface area contributed by atoms with E-state index in [1.807, 2.05) is 0 Å². The third-order valence-corrected chi connectivity index (χ3v) is 5.39. The fraction of sp³-hybridized carbons (Fsp3) is 0.933. The summed E-state index contributed by atoms with van der Waals surface area (Å²) in [7, 11) is 0. The van der Waals surface area contributed by atoms with Crippen LogP contribution in [0.25, 0.3) is 0 Å². The molecule has 1 heterocycles. The van der Waals surface area contributed by atoms with Crippen molar-refractivity contribution in [2.24, 2.45) is 16.7 Å². The predicted molar refractivity (Wildman–Crippen MR) is 66.7 cm³/mol. The van der Waals surface area contributed by atoms with Gasteiger partial charge in [0, 0.05) is 6.42 Å². The van der Waals surface area contributed by atoms with Crippen molar-refractivity contribution in [3.8, 4) is 0 Å². The van der Waals surface area contributed by atoms with Gasteiger partial charge in [-0.25, -0.2) is 0 Å². The fourth-order valence-electron chi connectivity index (χ4n) is 3.99. The van der Waals surface area contributed by atoms with Gasteiger partial charge in [0.15, 0.2) is 0 Å². The van der Waals surface area contributed by atoms with Crippen LogP contribution in [0.2, 0.25) is 0 Å². The normalized spacial score (nSPS) is 45.5. The molecule has 1 aliphatic heterocycles. The van der Waals surface area contributed by atoms with Crippen LogP contribution in [0.4, 0.5) is 0 Å². The van der Waals surface area contributed by atoms with Crippen molar-refractivity contribution in [1.82, 2.24) is 0 Å². The van der Waals surface area contributed by atoms with Crippen LogP contribution < -0.4 is 0 Å². The summed E-state index contributed by atoms with van der Waals surface area (Å²) >= 11 is 0. The van der Waals surface area contributed by atoms with Crippen molar-refractivity contribution in [2.75, 3.05) is 0 Å². The minimum absolute atomic E-state index is 0.149. The molecule has 3 rings (SSSR count).